The first-order chi connectivity index (χ1) is 7.13. The highest BCUT2D eigenvalue weighted by atomic mass is 16.5. The predicted octanol–water partition coefficient (Wildman–Crippen LogP) is 1.60. The second kappa shape index (κ2) is 4.67. The lowest BCUT2D eigenvalue weighted by Gasteiger charge is -2.13. The highest BCUT2D eigenvalue weighted by Gasteiger charge is 2.13. The van der Waals surface area contributed by atoms with Gasteiger partial charge in [-0.25, -0.2) is 0 Å². The molecule has 1 aromatic rings. The van der Waals surface area contributed by atoms with Crippen LogP contribution in [0.2, 0.25) is 0 Å². The number of ether oxygens (including phenoxy) is 2. The average molecular weight is 206 g/mol. The standard InChI is InChI=1S/C11H14N2O2/c1-7(13)8-4-9(6-12)11(15-3)10(5-8)14-2/h4-5,7H,13H2,1-3H3. The van der Waals surface area contributed by atoms with Gasteiger partial charge in [-0.05, 0) is 24.6 Å². The number of nitrogens with two attached hydrogens (primary N) is 1. The molecule has 0 heterocycles. The fraction of sp³-hybridized carbons (Fsp3) is 0.364. The molecular weight excluding hydrogens is 192 g/mol. The zero-order chi connectivity index (χ0) is 11.4. The van der Waals surface area contributed by atoms with Crippen LogP contribution in [0.25, 0.3) is 0 Å². The van der Waals surface area contributed by atoms with E-state index >= 15 is 0 Å². The second-order valence-electron chi connectivity index (χ2n) is 3.20. The molecule has 0 aliphatic carbocycles. The molecule has 1 unspecified atom stereocenters. The zero-order valence-corrected chi connectivity index (χ0v) is 9.07. The number of rotatable bonds is 3. The van der Waals surface area contributed by atoms with Crippen LogP contribution >= 0.6 is 0 Å². The molecule has 0 saturated carbocycles. The average Bonchev–Trinajstić information content (AvgIpc) is 2.26. The fourth-order valence-corrected chi connectivity index (χ4v) is 1.33. The van der Waals surface area contributed by atoms with Gasteiger partial charge in [0.05, 0.1) is 19.8 Å². The maximum absolute atomic E-state index is 8.95. The van der Waals surface area contributed by atoms with E-state index in [1.54, 1.807) is 12.1 Å². The molecule has 0 amide bonds. The first-order valence-corrected chi connectivity index (χ1v) is 4.55. The van der Waals surface area contributed by atoms with Crippen molar-refractivity contribution >= 4 is 0 Å². The SMILES string of the molecule is COc1cc(C(C)N)cc(C#N)c1OC. The Hall–Kier alpha value is -1.73. The molecule has 0 aliphatic heterocycles. The zero-order valence-electron chi connectivity index (χ0n) is 9.07. The normalized spacial score (nSPS) is 11.7. The number of hydrogen-bond donors (Lipinski definition) is 1. The molecule has 0 spiro atoms. The van der Waals surface area contributed by atoms with Crippen LogP contribution in [0.3, 0.4) is 0 Å². The van der Waals surface area contributed by atoms with Crippen LogP contribution in [-0.2, 0) is 0 Å². The van der Waals surface area contributed by atoms with Crippen molar-refractivity contribution in [3.63, 3.8) is 0 Å². The molecule has 0 saturated heterocycles. The second-order valence-corrected chi connectivity index (χ2v) is 3.20. The summed E-state index contributed by atoms with van der Waals surface area (Å²) in [5.41, 5.74) is 7.03. The van der Waals surface area contributed by atoms with E-state index in [1.807, 2.05) is 6.92 Å². The van der Waals surface area contributed by atoms with Crippen molar-refractivity contribution < 1.29 is 9.47 Å². The van der Waals surface area contributed by atoms with Crippen LogP contribution < -0.4 is 15.2 Å². The molecule has 15 heavy (non-hydrogen) atoms. The van der Waals surface area contributed by atoms with E-state index < -0.39 is 0 Å². The Kier molecular flexibility index (Phi) is 3.53. The fourth-order valence-electron chi connectivity index (χ4n) is 1.33. The van der Waals surface area contributed by atoms with Gasteiger partial charge >= 0.3 is 0 Å². The molecule has 0 aromatic heterocycles. The maximum Gasteiger partial charge on any atom is 0.178 e. The van der Waals surface area contributed by atoms with Crippen molar-refractivity contribution in [2.24, 2.45) is 5.73 Å². The van der Waals surface area contributed by atoms with Crippen molar-refractivity contribution in [2.75, 3.05) is 14.2 Å². The van der Waals surface area contributed by atoms with Crippen molar-refractivity contribution in [3.8, 4) is 17.6 Å². The molecule has 0 bridgehead atoms. The number of methoxy groups -OCH3 is 2. The van der Waals surface area contributed by atoms with Crippen LogP contribution in [0.4, 0.5) is 0 Å². The van der Waals surface area contributed by atoms with Crippen LogP contribution in [0, 0.1) is 11.3 Å². The minimum atomic E-state index is -0.142. The summed E-state index contributed by atoms with van der Waals surface area (Å²) in [6.07, 6.45) is 0. The lowest BCUT2D eigenvalue weighted by Crippen LogP contribution is -2.06. The summed E-state index contributed by atoms with van der Waals surface area (Å²) in [7, 11) is 3.04. The predicted molar refractivity (Wildman–Crippen MR) is 56.9 cm³/mol. The van der Waals surface area contributed by atoms with Crippen molar-refractivity contribution in [1.82, 2.24) is 0 Å². The minimum absolute atomic E-state index is 0.142. The molecule has 4 nitrogen and oxygen atoms in total. The summed E-state index contributed by atoms with van der Waals surface area (Å²) in [6, 6.07) is 5.41. The van der Waals surface area contributed by atoms with Crippen molar-refractivity contribution in [2.45, 2.75) is 13.0 Å². The van der Waals surface area contributed by atoms with Gasteiger partial charge in [0, 0.05) is 6.04 Å². The van der Waals surface area contributed by atoms with Crippen molar-refractivity contribution in [1.29, 1.82) is 5.26 Å². The quantitative estimate of drug-likeness (QED) is 0.815. The lowest BCUT2D eigenvalue weighted by molar-refractivity contribution is 0.353. The Morgan fingerprint density at radius 2 is 2.00 bits per heavy atom. The third-order valence-corrected chi connectivity index (χ3v) is 2.15. The topological polar surface area (TPSA) is 68.3 Å². The third-order valence-electron chi connectivity index (χ3n) is 2.15. The van der Waals surface area contributed by atoms with Crippen molar-refractivity contribution in [3.05, 3.63) is 23.3 Å². The van der Waals surface area contributed by atoms with E-state index in [9.17, 15) is 0 Å². The maximum atomic E-state index is 8.95. The van der Waals surface area contributed by atoms with E-state index in [0.29, 0.717) is 17.1 Å². The van der Waals surface area contributed by atoms with Gasteiger partial charge in [0.25, 0.3) is 0 Å². The first-order valence-electron chi connectivity index (χ1n) is 4.55. The number of benzene rings is 1. The Morgan fingerprint density at radius 3 is 2.40 bits per heavy atom. The smallest absolute Gasteiger partial charge is 0.178 e. The molecule has 1 aromatic carbocycles. The van der Waals surface area contributed by atoms with Crippen LogP contribution in [0.5, 0.6) is 11.5 Å². The van der Waals surface area contributed by atoms with Gasteiger partial charge in [-0.2, -0.15) is 5.26 Å². The molecular formula is C11H14N2O2. The summed E-state index contributed by atoms with van der Waals surface area (Å²) in [5.74, 6) is 0.980. The summed E-state index contributed by atoms with van der Waals surface area (Å²) >= 11 is 0. The molecule has 4 heteroatoms. The molecule has 2 N–H and O–H groups in total. The molecule has 0 radical (unpaired) electrons. The summed E-state index contributed by atoms with van der Waals surface area (Å²) in [6.45, 7) is 1.85. The lowest BCUT2D eigenvalue weighted by atomic mass is 10.0. The van der Waals surface area contributed by atoms with E-state index in [4.69, 9.17) is 20.5 Å². The van der Waals surface area contributed by atoms with Gasteiger partial charge in [-0.3, -0.25) is 0 Å². The van der Waals surface area contributed by atoms with Gasteiger partial charge < -0.3 is 15.2 Å². The minimum Gasteiger partial charge on any atom is -0.493 e. The number of nitriles is 1. The van der Waals surface area contributed by atoms with Gasteiger partial charge in [-0.15, -0.1) is 0 Å². The molecule has 0 aliphatic rings. The van der Waals surface area contributed by atoms with E-state index in [0.717, 1.165) is 5.56 Å². The van der Waals surface area contributed by atoms with Crippen LogP contribution in [-0.4, -0.2) is 14.2 Å². The van der Waals surface area contributed by atoms with Gasteiger partial charge in [0.2, 0.25) is 0 Å². The third kappa shape index (κ3) is 2.20. The van der Waals surface area contributed by atoms with E-state index in [2.05, 4.69) is 6.07 Å². The molecule has 80 valence electrons. The van der Waals surface area contributed by atoms with Gasteiger partial charge in [0.1, 0.15) is 6.07 Å². The van der Waals surface area contributed by atoms with Gasteiger partial charge in [-0.1, -0.05) is 0 Å². The van der Waals surface area contributed by atoms with Crippen LogP contribution in [0.1, 0.15) is 24.1 Å². The summed E-state index contributed by atoms with van der Waals surface area (Å²) < 4.78 is 10.2. The first kappa shape index (κ1) is 11.3. The molecule has 1 rings (SSSR count). The van der Waals surface area contributed by atoms with Gasteiger partial charge in [0.15, 0.2) is 11.5 Å². The monoisotopic (exact) mass is 206 g/mol. The number of nitrogens with zero attached hydrogens (tertiary/aromatic N) is 1. The Labute approximate surface area is 89.2 Å². The Balaban J connectivity index is 3.37. The largest absolute Gasteiger partial charge is 0.493 e. The molecule has 1 atom stereocenters. The Morgan fingerprint density at radius 1 is 1.33 bits per heavy atom. The summed E-state index contributed by atoms with van der Waals surface area (Å²) in [5, 5.41) is 8.95. The summed E-state index contributed by atoms with van der Waals surface area (Å²) in [4.78, 5) is 0. The Bertz CT molecular complexity index is 394. The van der Waals surface area contributed by atoms with E-state index in [1.165, 1.54) is 14.2 Å². The highest BCUT2D eigenvalue weighted by Crippen LogP contribution is 2.33. The number of hydrogen-bond acceptors (Lipinski definition) is 4. The van der Waals surface area contributed by atoms with E-state index in [-0.39, 0.29) is 6.04 Å². The highest BCUT2D eigenvalue weighted by molar-refractivity contribution is 5.55. The van der Waals surface area contributed by atoms with Crippen LogP contribution in [0.15, 0.2) is 12.1 Å². The molecule has 0 fully saturated rings.